The summed E-state index contributed by atoms with van der Waals surface area (Å²) < 4.78 is 6.92. The molecule has 0 saturated heterocycles. The number of aryl methyl sites for hydroxylation is 1. The normalized spacial score (nSPS) is 12.4. The van der Waals surface area contributed by atoms with Gasteiger partial charge in [-0.05, 0) is 65.6 Å². The van der Waals surface area contributed by atoms with Gasteiger partial charge in [-0.1, -0.05) is 19.1 Å². The first-order valence-electron chi connectivity index (χ1n) is 6.81. The molecule has 2 rings (SSSR count). The summed E-state index contributed by atoms with van der Waals surface area (Å²) in [5.41, 5.74) is 2.51. The highest BCUT2D eigenvalue weighted by molar-refractivity contribution is 9.11. The van der Waals surface area contributed by atoms with E-state index in [2.05, 4.69) is 59.4 Å². The molecule has 0 aliphatic carbocycles. The first kappa shape index (κ1) is 15.5. The van der Waals surface area contributed by atoms with Crippen molar-refractivity contribution >= 4 is 27.3 Å². The van der Waals surface area contributed by atoms with E-state index in [0.29, 0.717) is 0 Å². The Bertz CT molecular complexity index is 548. The fraction of sp³-hybridized carbons (Fsp3) is 0.375. The third kappa shape index (κ3) is 3.62. The van der Waals surface area contributed by atoms with Gasteiger partial charge in [-0.3, -0.25) is 0 Å². The second kappa shape index (κ2) is 7.25. The molecule has 1 heterocycles. The van der Waals surface area contributed by atoms with Crippen molar-refractivity contribution in [1.82, 2.24) is 5.32 Å². The number of benzene rings is 1. The number of ether oxygens (including phenoxy) is 1. The van der Waals surface area contributed by atoms with Crippen LogP contribution in [-0.4, -0.2) is 13.7 Å². The third-order valence-corrected chi connectivity index (χ3v) is 5.32. The zero-order valence-electron chi connectivity index (χ0n) is 12.1. The van der Waals surface area contributed by atoms with E-state index in [-0.39, 0.29) is 6.04 Å². The lowest BCUT2D eigenvalue weighted by Gasteiger charge is -2.16. The molecule has 1 unspecified atom stereocenters. The number of nitrogens with one attached hydrogen (secondary N) is 1. The molecule has 1 atom stereocenters. The minimum atomic E-state index is 0.204. The van der Waals surface area contributed by atoms with E-state index < -0.39 is 0 Å². The molecule has 2 aromatic rings. The largest absolute Gasteiger partial charge is 0.494 e. The van der Waals surface area contributed by atoms with E-state index in [1.807, 2.05) is 13.1 Å². The molecule has 108 valence electrons. The maximum Gasteiger partial charge on any atom is 0.119 e. The van der Waals surface area contributed by atoms with Gasteiger partial charge in [0.05, 0.1) is 16.4 Å². The molecule has 0 saturated carbocycles. The molecular weight excluding hydrogens is 334 g/mol. The average Bonchev–Trinajstić information content (AvgIpc) is 2.77. The van der Waals surface area contributed by atoms with Crippen molar-refractivity contribution in [3.05, 3.63) is 50.1 Å². The first-order valence-corrected chi connectivity index (χ1v) is 8.42. The summed E-state index contributed by atoms with van der Waals surface area (Å²) in [7, 11) is 1.99. The Kier molecular flexibility index (Phi) is 5.64. The molecule has 0 fully saturated rings. The van der Waals surface area contributed by atoms with Crippen molar-refractivity contribution in [1.29, 1.82) is 0 Å². The Morgan fingerprint density at radius 2 is 2.15 bits per heavy atom. The maximum absolute atomic E-state index is 5.72. The molecular formula is C16H20BrNOS. The SMILES string of the molecule is CCCOc1cccc(C(NC)c2cc(C)c(Br)s2)c1. The second-order valence-electron chi connectivity index (χ2n) is 4.75. The van der Waals surface area contributed by atoms with Crippen LogP contribution in [0.15, 0.2) is 34.1 Å². The van der Waals surface area contributed by atoms with Crippen LogP contribution in [0.5, 0.6) is 5.75 Å². The predicted octanol–water partition coefficient (Wildman–Crippen LogP) is 4.92. The van der Waals surface area contributed by atoms with Crippen LogP contribution < -0.4 is 10.1 Å². The monoisotopic (exact) mass is 353 g/mol. The van der Waals surface area contributed by atoms with Crippen LogP contribution in [-0.2, 0) is 0 Å². The van der Waals surface area contributed by atoms with E-state index >= 15 is 0 Å². The number of hydrogen-bond acceptors (Lipinski definition) is 3. The van der Waals surface area contributed by atoms with Gasteiger partial charge in [-0.2, -0.15) is 0 Å². The summed E-state index contributed by atoms with van der Waals surface area (Å²) in [6, 6.07) is 10.8. The molecule has 1 N–H and O–H groups in total. The van der Waals surface area contributed by atoms with Crippen molar-refractivity contribution in [2.75, 3.05) is 13.7 Å². The molecule has 0 aliphatic heterocycles. The summed E-state index contributed by atoms with van der Waals surface area (Å²) in [4.78, 5) is 1.31. The maximum atomic E-state index is 5.72. The Balaban J connectivity index is 2.27. The predicted molar refractivity (Wildman–Crippen MR) is 89.9 cm³/mol. The van der Waals surface area contributed by atoms with Crippen molar-refractivity contribution in [2.24, 2.45) is 0 Å². The molecule has 0 bridgehead atoms. The van der Waals surface area contributed by atoms with Crippen molar-refractivity contribution < 1.29 is 4.74 Å². The molecule has 0 aliphatic rings. The highest BCUT2D eigenvalue weighted by Gasteiger charge is 2.16. The molecule has 0 amide bonds. The van der Waals surface area contributed by atoms with E-state index in [9.17, 15) is 0 Å². The van der Waals surface area contributed by atoms with Crippen LogP contribution >= 0.6 is 27.3 Å². The minimum absolute atomic E-state index is 0.204. The standard InChI is InChI=1S/C16H20BrNOS/c1-4-8-19-13-7-5-6-12(10-13)15(18-3)14-9-11(2)16(17)20-14/h5-7,9-10,15,18H,4,8H2,1-3H3. The van der Waals surface area contributed by atoms with Crippen LogP contribution in [0, 0.1) is 6.92 Å². The summed E-state index contributed by atoms with van der Waals surface area (Å²) in [5, 5.41) is 3.39. The van der Waals surface area contributed by atoms with Crippen molar-refractivity contribution in [2.45, 2.75) is 26.3 Å². The van der Waals surface area contributed by atoms with Gasteiger partial charge in [0.1, 0.15) is 5.75 Å². The number of halogens is 1. The van der Waals surface area contributed by atoms with E-state index in [0.717, 1.165) is 18.8 Å². The molecule has 1 aromatic carbocycles. The zero-order valence-corrected chi connectivity index (χ0v) is 14.5. The lowest BCUT2D eigenvalue weighted by Crippen LogP contribution is -2.16. The smallest absolute Gasteiger partial charge is 0.119 e. The van der Waals surface area contributed by atoms with Gasteiger partial charge in [0.15, 0.2) is 0 Å². The summed E-state index contributed by atoms with van der Waals surface area (Å²) >= 11 is 5.38. The highest BCUT2D eigenvalue weighted by Crippen LogP contribution is 2.34. The highest BCUT2D eigenvalue weighted by atomic mass is 79.9. The lowest BCUT2D eigenvalue weighted by atomic mass is 10.0. The van der Waals surface area contributed by atoms with Gasteiger partial charge < -0.3 is 10.1 Å². The van der Waals surface area contributed by atoms with Gasteiger partial charge >= 0.3 is 0 Å². The fourth-order valence-corrected chi connectivity index (χ4v) is 3.81. The Morgan fingerprint density at radius 1 is 1.35 bits per heavy atom. The number of rotatable bonds is 6. The molecule has 2 nitrogen and oxygen atoms in total. The lowest BCUT2D eigenvalue weighted by molar-refractivity contribution is 0.317. The Labute approximate surface area is 133 Å². The molecule has 0 spiro atoms. The third-order valence-electron chi connectivity index (χ3n) is 3.11. The van der Waals surface area contributed by atoms with E-state index in [1.165, 1.54) is 19.8 Å². The Morgan fingerprint density at radius 3 is 2.75 bits per heavy atom. The van der Waals surface area contributed by atoms with Crippen LogP contribution in [0.1, 0.15) is 35.4 Å². The molecule has 4 heteroatoms. The van der Waals surface area contributed by atoms with Crippen LogP contribution in [0.25, 0.3) is 0 Å². The topological polar surface area (TPSA) is 21.3 Å². The summed E-state index contributed by atoms with van der Waals surface area (Å²) in [6.07, 6.45) is 1.02. The van der Waals surface area contributed by atoms with Gasteiger partial charge in [0.25, 0.3) is 0 Å². The van der Waals surface area contributed by atoms with E-state index in [4.69, 9.17) is 4.74 Å². The molecule has 20 heavy (non-hydrogen) atoms. The number of hydrogen-bond donors (Lipinski definition) is 1. The van der Waals surface area contributed by atoms with Crippen molar-refractivity contribution in [3.63, 3.8) is 0 Å². The fourth-order valence-electron chi connectivity index (χ4n) is 2.10. The Hall–Kier alpha value is -0.840. The number of thiophene rings is 1. The van der Waals surface area contributed by atoms with Gasteiger partial charge in [0, 0.05) is 4.88 Å². The zero-order chi connectivity index (χ0) is 14.5. The quantitative estimate of drug-likeness (QED) is 0.795. The molecule has 1 aromatic heterocycles. The average molecular weight is 354 g/mol. The van der Waals surface area contributed by atoms with Crippen LogP contribution in [0.3, 0.4) is 0 Å². The van der Waals surface area contributed by atoms with Crippen molar-refractivity contribution in [3.8, 4) is 5.75 Å². The van der Waals surface area contributed by atoms with Crippen LogP contribution in [0.2, 0.25) is 0 Å². The minimum Gasteiger partial charge on any atom is -0.494 e. The first-order chi connectivity index (χ1) is 9.65. The second-order valence-corrected chi connectivity index (χ2v) is 7.15. The van der Waals surface area contributed by atoms with Gasteiger partial charge in [-0.25, -0.2) is 0 Å². The van der Waals surface area contributed by atoms with Crippen LogP contribution in [0.4, 0.5) is 0 Å². The van der Waals surface area contributed by atoms with Gasteiger partial charge in [-0.15, -0.1) is 11.3 Å². The summed E-state index contributed by atoms with van der Waals surface area (Å²) in [6.45, 7) is 5.00. The summed E-state index contributed by atoms with van der Waals surface area (Å²) in [5.74, 6) is 0.942. The molecule has 0 radical (unpaired) electrons. The van der Waals surface area contributed by atoms with E-state index in [1.54, 1.807) is 11.3 Å². The van der Waals surface area contributed by atoms with Gasteiger partial charge in [0.2, 0.25) is 0 Å².